The van der Waals surface area contributed by atoms with Crippen molar-refractivity contribution < 1.29 is 62.3 Å². The predicted octanol–water partition coefficient (Wildman–Crippen LogP) is 6.72. The fourth-order valence-corrected chi connectivity index (χ4v) is 11.1. The number of carbonyl (C=O) groups is 6. The molecule has 0 saturated carbocycles. The van der Waals surface area contributed by atoms with E-state index in [-0.39, 0.29) is 66.8 Å². The number of benzene rings is 2. The maximum absolute atomic E-state index is 14.2. The molecule has 61 heavy (non-hydrogen) atoms. The van der Waals surface area contributed by atoms with Crippen LogP contribution in [0.25, 0.3) is 20.2 Å². The van der Waals surface area contributed by atoms with Gasteiger partial charge in [0.05, 0.1) is 27.9 Å². The Bertz CT molecular complexity index is 2430. The zero-order chi connectivity index (χ0) is 44.0. The molecule has 2 amide bonds. The Balaban J connectivity index is 1.17. The van der Waals surface area contributed by atoms with Gasteiger partial charge in [0, 0.05) is 93.2 Å². The summed E-state index contributed by atoms with van der Waals surface area (Å²) in [6.45, 7) is 7.79. The summed E-state index contributed by atoms with van der Waals surface area (Å²) in [5.74, 6) is -3.50. The van der Waals surface area contributed by atoms with Crippen LogP contribution in [0.1, 0.15) is 74.1 Å². The van der Waals surface area contributed by atoms with Crippen molar-refractivity contribution in [3.8, 4) is 11.5 Å². The monoisotopic (exact) mass is 918 g/mol. The topological polar surface area (TPSA) is 185 Å². The van der Waals surface area contributed by atoms with E-state index in [2.05, 4.69) is 0 Å². The van der Waals surface area contributed by atoms with Crippen LogP contribution >= 0.6 is 45.9 Å². The molecule has 326 valence electrons. The van der Waals surface area contributed by atoms with E-state index in [9.17, 15) is 33.9 Å². The summed E-state index contributed by atoms with van der Waals surface area (Å²) in [5.41, 5.74) is 4.80. The van der Waals surface area contributed by atoms with Gasteiger partial charge in [-0.2, -0.15) is 0 Å². The highest BCUT2D eigenvalue weighted by Crippen LogP contribution is 2.51. The number of rotatable bonds is 12. The lowest BCUT2D eigenvalue weighted by Crippen LogP contribution is -2.64. The van der Waals surface area contributed by atoms with E-state index < -0.39 is 54.6 Å². The second-order valence-corrected chi connectivity index (χ2v) is 17.6. The van der Waals surface area contributed by atoms with Gasteiger partial charge in [0.2, 0.25) is 24.2 Å². The van der Waals surface area contributed by atoms with Crippen LogP contribution in [0.2, 0.25) is 0 Å². The Morgan fingerprint density at radius 1 is 0.754 bits per heavy atom. The largest absolute Gasteiger partial charge is 0.506 e. The van der Waals surface area contributed by atoms with Crippen molar-refractivity contribution in [2.75, 3.05) is 41.8 Å². The van der Waals surface area contributed by atoms with E-state index >= 15 is 0 Å². The van der Waals surface area contributed by atoms with Gasteiger partial charge in [-0.15, -0.1) is 45.9 Å². The average molecular weight is 920 g/mol. The number of amides is 2. The van der Waals surface area contributed by atoms with Crippen molar-refractivity contribution in [3.63, 3.8) is 0 Å². The number of ether oxygens (including phenoxy) is 6. The maximum atomic E-state index is 14.2. The third kappa shape index (κ3) is 8.34. The Morgan fingerprint density at radius 2 is 1.25 bits per heavy atom. The highest BCUT2D eigenvalue weighted by Gasteiger charge is 2.56. The van der Waals surface area contributed by atoms with Gasteiger partial charge in [-0.1, -0.05) is 0 Å². The van der Waals surface area contributed by atoms with Crippen LogP contribution in [0, 0.1) is 13.8 Å². The molecule has 2 aromatic heterocycles. The number of thiophene rings is 2. The lowest BCUT2D eigenvalue weighted by atomic mass is 9.96. The number of anilines is 2. The number of hydrogen-bond donors (Lipinski definition) is 1. The molecule has 0 unspecified atom stereocenters. The first-order valence-electron chi connectivity index (χ1n) is 19.5. The second-order valence-electron chi connectivity index (χ2n) is 15.2. The number of aromatic hydroxyl groups is 1. The average Bonchev–Trinajstić information content (AvgIpc) is 3.99. The Kier molecular flexibility index (Phi) is 13.1. The van der Waals surface area contributed by atoms with Gasteiger partial charge in [-0.05, 0) is 53.3 Å². The van der Waals surface area contributed by atoms with Crippen LogP contribution in [-0.2, 0) is 52.5 Å². The number of nitrogens with zero attached hydrogens (tertiary/aromatic N) is 2. The Hall–Kier alpha value is -4.68. The van der Waals surface area contributed by atoms with Crippen molar-refractivity contribution in [1.82, 2.24) is 0 Å². The van der Waals surface area contributed by atoms with Crippen molar-refractivity contribution in [2.45, 2.75) is 96.4 Å². The number of methoxy groups -OCH3 is 1. The third-order valence-corrected chi connectivity index (χ3v) is 14.1. The van der Waals surface area contributed by atoms with E-state index in [0.717, 1.165) is 65.6 Å². The van der Waals surface area contributed by atoms with Gasteiger partial charge >= 0.3 is 23.9 Å². The van der Waals surface area contributed by atoms with E-state index in [0.29, 0.717) is 28.5 Å². The smallest absolute Gasteiger partial charge is 0.339 e. The summed E-state index contributed by atoms with van der Waals surface area (Å²) in [7, 11) is 1.09. The maximum Gasteiger partial charge on any atom is 0.339 e. The molecule has 3 aliphatic heterocycles. The molecule has 4 aromatic rings. The number of alkyl halides is 2. The van der Waals surface area contributed by atoms with Gasteiger partial charge in [0.1, 0.15) is 11.5 Å². The first-order chi connectivity index (χ1) is 29.1. The molecule has 19 heteroatoms. The first-order valence-corrected chi connectivity index (χ1v) is 22.3. The Labute approximate surface area is 368 Å². The van der Waals surface area contributed by atoms with Crippen molar-refractivity contribution >= 4 is 113 Å². The van der Waals surface area contributed by atoms with Crippen LogP contribution in [0.3, 0.4) is 0 Å². The van der Waals surface area contributed by atoms with E-state index in [1.54, 1.807) is 21.9 Å². The second kappa shape index (κ2) is 18.0. The van der Waals surface area contributed by atoms with Gasteiger partial charge in [0.25, 0.3) is 0 Å². The molecule has 0 bridgehead atoms. The summed E-state index contributed by atoms with van der Waals surface area (Å²) < 4.78 is 35.4. The van der Waals surface area contributed by atoms with Crippen LogP contribution in [0.5, 0.6) is 11.5 Å². The summed E-state index contributed by atoms with van der Waals surface area (Å²) in [6, 6.07) is 3.28. The molecule has 7 atom stereocenters. The molecule has 0 aliphatic carbocycles. The molecule has 1 saturated heterocycles. The van der Waals surface area contributed by atoms with Crippen molar-refractivity contribution in [1.29, 1.82) is 0 Å². The Morgan fingerprint density at radius 3 is 1.77 bits per heavy atom. The first kappa shape index (κ1) is 44.4. The fourth-order valence-electron chi connectivity index (χ4n) is 8.59. The van der Waals surface area contributed by atoms with Crippen molar-refractivity contribution in [3.05, 3.63) is 45.1 Å². The molecule has 2 aromatic carbocycles. The van der Waals surface area contributed by atoms with Gasteiger partial charge < -0.3 is 43.3 Å². The fraction of sp³-hybridized carbons (Fsp3) is 0.476. The van der Waals surface area contributed by atoms with E-state index in [1.165, 1.54) is 22.7 Å². The summed E-state index contributed by atoms with van der Waals surface area (Å²) in [5, 5.41) is 16.4. The molecule has 3 aliphatic rings. The SMILES string of the molecule is COC(=O)[C@H]1O[C@@H](Oc2cc3c(c4c(C)csc24)[C@H](CCl)CN3C(=O)CCCC(=O)N2C[C@@H](CCl)c3c2cc(O)c2scc(C)c32)[C@H](OC(C)=O)[C@@H](OC(C)=O)[C@@H]1OC(C)=O. The number of aryl methyl sites for hydroxylation is 2. The molecule has 0 spiro atoms. The lowest BCUT2D eigenvalue weighted by molar-refractivity contribution is -0.282. The number of carbonyl (C=O) groups excluding carboxylic acids is 6. The number of phenolic OH excluding ortho intramolecular Hbond substituents is 1. The molecule has 7 rings (SSSR count). The van der Waals surface area contributed by atoms with Crippen LogP contribution in [0.15, 0.2) is 22.9 Å². The molecule has 0 radical (unpaired) electrons. The van der Waals surface area contributed by atoms with Crippen LogP contribution < -0.4 is 14.5 Å². The van der Waals surface area contributed by atoms with E-state index in [4.69, 9.17) is 51.6 Å². The summed E-state index contributed by atoms with van der Waals surface area (Å²) >= 11 is 15.8. The van der Waals surface area contributed by atoms with Crippen molar-refractivity contribution in [2.24, 2.45) is 0 Å². The standard InChI is InChI=1S/C42H44Cl2N2O13S2/c1-18-16-60-39-27(50)10-25-33(31(18)39)23(12-43)14-45(25)29(51)8-7-9-30(52)46-15-24(13-44)34-26(46)11-28(40-32(34)19(2)17-61-40)58-42-38(57-22(5)49)36(56-21(4)48)35(55-20(3)47)37(59-42)41(53)54-6/h10-11,16-17,23-24,35-38,42,50H,7-9,12-15H2,1-6H3/t23-,24-,35+,36+,37+,38-,42-/m1/s1. The van der Waals surface area contributed by atoms with Crippen LogP contribution in [0.4, 0.5) is 11.4 Å². The van der Waals surface area contributed by atoms with E-state index in [1.807, 2.05) is 24.6 Å². The third-order valence-electron chi connectivity index (χ3n) is 11.1. The minimum Gasteiger partial charge on any atom is -0.506 e. The zero-order valence-corrected chi connectivity index (χ0v) is 37.3. The number of phenols is 1. The number of halogens is 2. The summed E-state index contributed by atoms with van der Waals surface area (Å²) in [4.78, 5) is 81.4. The lowest BCUT2D eigenvalue weighted by Gasteiger charge is -2.43. The normalized spacial score (nSPS) is 23.1. The quantitative estimate of drug-likeness (QED) is 0.0899. The predicted molar refractivity (Wildman–Crippen MR) is 228 cm³/mol. The number of fused-ring (bicyclic) bond motifs is 6. The summed E-state index contributed by atoms with van der Waals surface area (Å²) in [6.07, 6.45) is -7.67. The molecule has 15 nitrogen and oxygen atoms in total. The number of hydrogen-bond acceptors (Lipinski definition) is 15. The van der Waals surface area contributed by atoms with Crippen LogP contribution in [-0.4, -0.2) is 103 Å². The highest BCUT2D eigenvalue weighted by atomic mass is 35.5. The molecule has 1 fully saturated rings. The zero-order valence-electron chi connectivity index (χ0n) is 34.1. The van der Waals surface area contributed by atoms with Gasteiger partial charge in [0.15, 0.2) is 18.3 Å². The molecule has 5 heterocycles. The molecular formula is C42H44Cl2N2O13S2. The minimum atomic E-state index is -1.67. The minimum absolute atomic E-state index is 0.0211. The molecular weight excluding hydrogens is 876 g/mol. The number of esters is 4. The van der Waals surface area contributed by atoms with Gasteiger partial charge in [-0.25, -0.2) is 4.79 Å². The van der Waals surface area contributed by atoms with Gasteiger partial charge in [-0.3, -0.25) is 24.0 Å². The highest BCUT2D eigenvalue weighted by molar-refractivity contribution is 7.18. The molecule has 1 N–H and O–H groups in total.